The Hall–Kier alpha value is -3.13. The Morgan fingerprint density at radius 1 is 1.15 bits per heavy atom. The van der Waals surface area contributed by atoms with Crippen LogP contribution in [-0.2, 0) is 4.79 Å². The third-order valence-corrected chi connectivity index (χ3v) is 6.05. The number of anilines is 1. The Kier molecular flexibility index (Phi) is 7.13. The zero-order valence-corrected chi connectivity index (χ0v) is 20.1. The van der Waals surface area contributed by atoms with Gasteiger partial charge in [-0.3, -0.25) is 9.69 Å². The third kappa shape index (κ3) is 4.95. The summed E-state index contributed by atoms with van der Waals surface area (Å²) in [5, 5.41) is 9.34. The van der Waals surface area contributed by atoms with Crippen molar-refractivity contribution in [2.75, 3.05) is 10.7 Å². The largest absolute Gasteiger partial charge is 0.491 e. The quantitative estimate of drug-likeness (QED) is 0.330. The summed E-state index contributed by atoms with van der Waals surface area (Å²) in [5.74, 6) is 1.75. The molecule has 1 aliphatic rings. The topological polar surface area (TPSA) is 77.4 Å². The summed E-state index contributed by atoms with van der Waals surface area (Å²) in [7, 11) is 0. The van der Waals surface area contributed by atoms with Gasteiger partial charge in [0.05, 0.1) is 17.4 Å². The lowest BCUT2D eigenvalue weighted by Gasteiger charge is -2.31. The molecule has 2 aromatic carbocycles. The van der Waals surface area contributed by atoms with Crippen LogP contribution in [0.5, 0.6) is 11.6 Å². The Morgan fingerprint density at radius 3 is 2.67 bits per heavy atom. The van der Waals surface area contributed by atoms with Crippen LogP contribution in [0.25, 0.3) is 11.3 Å². The molecule has 0 fully saturated rings. The predicted octanol–water partition coefficient (Wildman–Crippen LogP) is 5.66. The molecule has 0 spiro atoms. The number of rotatable bonds is 7. The first-order valence-corrected chi connectivity index (χ1v) is 12.2. The van der Waals surface area contributed by atoms with Gasteiger partial charge in [0.15, 0.2) is 5.69 Å². The summed E-state index contributed by atoms with van der Waals surface area (Å²) >= 11 is 1.55. The van der Waals surface area contributed by atoms with Crippen LogP contribution in [0.2, 0.25) is 0 Å². The average molecular weight is 465 g/mol. The minimum Gasteiger partial charge on any atom is -0.491 e. The van der Waals surface area contributed by atoms with Crippen LogP contribution in [-0.4, -0.2) is 32.9 Å². The summed E-state index contributed by atoms with van der Waals surface area (Å²) in [6.45, 7) is 7.61. The summed E-state index contributed by atoms with van der Waals surface area (Å²) in [4.78, 5) is 19.3. The van der Waals surface area contributed by atoms with Gasteiger partial charge in [0, 0.05) is 18.2 Å². The molecule has 2 heterocycles. The summed E-state index contributed by atoms with van der Waals surface area (Å²) in [6, 6.07) is 15.2. The fraction of sp³-hybridized carbons (Fsp3) is 0.360. The Bertz CT molecular complexity index is 1140. The highest BCUT2D eigenvalue weighted by atomic mass is 32.2. The van der Waals surface area contributed by atoms with Gasteiger partial charge in [0.1, 0.15) is 5.75 Å². The van der Waals surface area contributed by atoms with Gasteiger partial charge in [0.25, 0.3) is 0 Å². The van der Waals surface area contributed by atoms with Gasteiger partial charge in [-0.1, -0.05) is 55.4 Å². The number of hydrogen-bond acceptors (Lipinski definition) is 7. The maximum absolute atomic E-state index is 13.0. The van der Waals surface area contributed by atoms with Crippen molar-refractivity contribution in [3.05, 3.63) is 54.1 Å². The Balaban J connectivity index is 1.87. The number of fused-ring (bicyclic) bond motifs is 3. The van der Waals surface area contributed by atoms with E-state index in [1.54, 1.807) is 16.7 Å². The molecule has 4 rings (SSSR count). The van der Waals surface area contributed by atoms with Crippen LogP contribution in [0.4, 0.5) is 5.69 Å². The van der Waals surface area contributed by atoms with Gasteiger partial charge in [-0.25, -0.2) is 0 Å². The van der Waals surface area contributed by atoms with E-state index in [1.165, 1.54) is 6.92 Å². The summed E-state index contributed by atoms with van der Waals surface area (Å²) in [6.07, 6.45) is 1.35. The number of carbonyl (C=O) groups is 1. The lowest BCUT2D eigenvalue weighted by molar-refractivity contribution is -0.118. The number of benzene rings is 2. The SMILES string of the molecule is CCCCSc1nnc2c(n1)O[C@H](c1ccccc1OC(C)C)N(C(C)=O)c1ccccc1-2. The first-order chi connectivity index (χ1) is 16.0. The standard InChI is InChI=1S/C25H28N4O3S/c1-5-6-15-33-25-26-23-22(27-28-25)18-11-7-9-13-20(18)29(17(4)30)24(32-23)19-12-8-10-14-21(19)31-16(2)3/h7-14,16,24H,5-6,15H2,1-4H3/t24-/m1/s1. The van der Waals surface area contributed by atoms with Crippen LogP contribution in [0.15, 0.2) is 53.7 Å². The van der Waals surface area contributed by atoms with Gasteiger partial charge < -0.3 is 9.47 Å². The zero-order chi connectivity index (χ0) is 23.4. The van der Waals surface area contributed by atoms with E-state index in [0.717, 1.165) is 29.7 Å². The van der Waals surface area contributed by atoms with E-state index in [2.05, 4.69) is 17.1 Å². The second-order valence-corrected chi connectivity index (χ2v) is 9.09. The van der Waals surface area contributed by atoms with Gasteiger partial charge in [-0.2, -0.15) is 4.98 Å². The van der Waals surface area contributed by atoms with Crippen molar-refractivity contribution >= 4 is 23.4 Å². The Morgan fingerprint density at radius 2 is 1.91 bits per heavy atom. The first-order valence-electron chi connectivity index (χ1n) is 11.2. The maximum Gasteiger partial charge on any atom is 0.247 e. The molecular weight excluding hydrogens is 436 g/mol. The zero-order valence-electron chi connectivity index (χ0n) is 19.3. The third-order valence-electron chi connectivity index (χ3n) is 5.13. The molecule has 172 valence electrons. The highest BCUT2D eigenvalue weighted by molar-refractivity contribution is 7.99. The average Bonchev–Trinajstić information content (AvgIpc) is 2.93. The summed E-state index contributed by atoms with van der Waals surface area (Å²) < 4.78 is 12.5. The molecule has 1 aliphatic heterocycles. The van der Waals surface area contributed by atoms with E-state index in [9.17, 15) is 4.79 Å². The molecule has 0 aliphatic carbocycles. The Labute approximate surface area is 198 Å². The number of thioether (sulfide) groups is 1. The number of nitrogens with zero attached hydrogens (tertiary/aromatic N) is 4. The summed E-state index contributed by atoms with van der Waals surface area (Å²) in [5.41, 5.74) is 2.69. The molecule has 0 unspecified atom stereocenters. The highest BCUT2D eigenvalue weighted by Crippen LogP contribution is 2.44. The van der Waals surface area contributed by atoms with Crippen molar-refractivity contribution in [1.82, 2.24) is 15.2 Å². The monoisotopic (exact) mass is 464 g/mol. The van der Waals surface area contributed by atoms with Gasteiger partial charge >= 0.3 is 0 Å². The van der Waals surface area contributed by atoms with E-state index < -0.39 is 6.23 Å². The molecule has 1 amide bonds. The molecule has 0 bridgehead atoms. The molecule has 0 radical (unpaired) electrons. The van der Waals surface area contributed by atoms with Crippen molar-refractivity contribution < 1.29 is 14.3 Å². The van der Waals surface area contributed by atoms with Crippen molar-refractivity contribution in [3.8, 4) is 22.9 Å². The normalized spacial score (nSPS) is 14.8. The minimum absolute atomic E-state index is 0.0344. The van der Waals surface area contributed by atoms with E-state index in [1.807, 2.05) is 62.4 Å². The fourth-order valence-corrected chi connectivity index (χ4v) is 4.53. The van der Waals surface area contributed by atoms with E-state index >= 15 is 0 Å². The molecule has 33 heavy (non-hydrogen) atoms. The molecule has 8 heteroatoms. The number of hydrogen-bond donors (Lipinski definition) is 0. The van der Waals surface area contributed by atoms with Crippen molar-refractivity contribution in [1.29, 1.82) is 0 Å². The second kappa shape index (κ2) is 10.2. The molecule has 1 atom stereocenters. The second-order valence-electron chi connectivity index (χ2n) is 8.03. The number of amides is 1. The van der Waals surface area contributed by atoms with Gasteiger partial charge in [-0.15, -0.1) is 10.2 Å². The van der Waals surface area contributed by atoms with Crippen LogP contribution >= 0.6 is 11.8 Å². The molecular formula is C25H28N4O3S. The number of aromatic nitrogens is 3. The molecule has 7 nitrogen and oxygen atoms in total. The molecule has 3 aromatic rings. The van der Waals surface area contributed by atoms with Gasteiger partial charge in [0.2, 0.25) is 23.2 Å². The molecule has 1 aromatic heterocycles. The molecule has 0 saturated heterocycles. The van der Waals surface area contributed by atoms with E-state index in [0.29, 0.717) is 28.2 Å². The molecule has 0 saturated carbocycles. The van der Waals surface area contributed by atoms with E-state index in [4.69, 9.17) is 14.5 Å². The lowest BCUT2D eigenvalue weighted by Crippen LogP contribution is -2.36. The number of para-hydroxylation sites is 2. The lowest BCUT2D eigenvalue weighted by atomic mass is 10.1. The van der Waals surface area contributed by atoms with Crippen molar-refractivity contribution in [2.45, 2.75) is 58.0 Å². The number of ether oxygens (including phenoxy) is 2. The number of unbranched alkanes of at least 4 members (excludes halogenated alkanes) is 1. The van der Waals surface area contributed by atoms with Crippen LogP contribution in [0.1, 0.15) is 52.3 Å². The van der Waals surface area contributed by atoms with E-state index in [-0.39, 0.29) is 12.0 Å². The van der Waals surface area contributed by atoms with Crippen LogP contribution in [0, 0.1) is 0 Å². The van der Waals surface area contributed by atoms with Crippen molar-refractivity contribution in [2.24, 2.45) is 0 Å². The maximum atomic E-state index is 13.0. The minimum atomic E-state index is -0.773. The smallest absolute Gasteiger partial charge is 0.247 e. The van der Waals surface area contributed by atoms with Gasteiger partial charge in [-0.05, 0) is 38.5 Å². The number of carbonyl (C=O) groups excluding carboxylic acids is 1. The van der Waals surface area contributed by atoms with Crippen LogP contribution < -0.4 is 14.4 Å². The fourth-order valence-electron chi connectivity index (χ4n) is 3.67. The first kappa shape index (κ1) is 23.0. The highest BCUT2D eigenvalue weighted by Gasteiger charge is 2.36. The van der Waals surface area contributed by atoms with Crippen molar-refractivity contribution in [3.63, 3.8) is 0 Å². The van der Waals surface area contributed by atoms with Crippen LogP contribution in [0.3, 0.4) is 0 Å². The molecule has 0 N–H and O–H groups in total. The predicted molar refractivity (Wildman–Crippen MR) is 130 cm³/mol.